The molecule has 2 fully saturated rings. The molecule has 0 radical (unpaired) electrons. The van der Waals surface area contributed by atoms with E-state index in [1.54, 1.807) is 33.1 Å². The summed E-state index contributed by atoms with van der Waals surface area (Å²) in [6.07, 6.45) is 1.16. The number of hydrogen-bond donors (Lipinski definition) is 0. The number of aryl methyl sites for hydroxylation is 2. The van der Waals surface area contributed by atoms with E-state index in [-0.39, 0.29) is 30.6 Å². The molecule has 2 saturated heterocycles. The number of ether oxygens (including phenoxy) is 2. The molecule has 37 heavy (non-hydrogen) atoms. The number of likely N-dealkylation sites (N-methyl/N-ethyl adjacent to an activating group) is 2. The van der Waals surface area contributed by atoms with Crippen molar-refractivity contribution < 1.29 is 22.7 Å². The SMILES string of the molecule is COc1cc(C)c(S(=O)(=O)N(C)CCOCC(=O)N2CCN(CCCN3CCN(C)CC3)CC2)c(C)c1. The highest BCUT2D eigenvalue weighted by molar-refractivity contribution is 7.89. The van der Waals surface area contributed by atoms with Gasteiger partial charge in [-0.3, -0.25) is 9.69 Å². The molecule has 0 unspecified atom stereocenters. The Morgan fingerprint density at radius 1 is 0.946 bits per heavy atom. The summed E-state index contributed by atoms with van der Waals surface area (Å²) < 4.78 is 38.3. The van der Waals surface area contributed by atoms with Gasteiger partial charge < -0.3 is 24.2 Å². The Labute approximate surface area is 223 Å². The highest BCUT2D eigenvalue weighted by atomic mass is 32.2. The summed E-state index contributed by atoms with van der Waals surface area (Å²) in [7, 11) is 1.59. The molecule has 0 saturated carbocycles. The first-order chi connectivity index (χ1) is 17.6. The largest absolute Gasteiger partial charge is 0.497 e. The highest BCUT2D eigenvalue weighted by Crippen LogP contribution is 2.27. The molecule has 0 atom stereocenters. The summed E-state index contributed by atoms with van der Waals surface area (Å²) >= 11 is 0. The maximum Gasteiger partial charge on any atom is 0.248 e. The molecule has 0 aliphatic carbocycles. The molecule has 2 heterocycles. The third kappa shape index (κ3) is 8.36. The van der Waals surface area contributed by atoms with Crippen molar-refractivity contribution in [2.24, 2.45) is 0 Å². The summed E-state index contributed by atoms with van der Waals surface area (Å²) in [5.74, 6) is 0.592. The Kier molecular flexibility index (Phi) is 11.2. The quantitative estimate of drug-likeness (QED) is 0.360. The highest BCUT2D eigenvalue weighted by Gasteiger charge is 2.26. The lowest BCUT2D eigenvalue weighted by Gasteiger charge is -2.36. The predicted molar refractivity (Wildman–Crippen MR) is 145 cm³/mol. The lowest BCUT2D eigenvalue weighted by Crippen LogP contribution is -2.50. The van der Waals surface area contributed by atoms with Gasteiger partial charge in [-0.2, -0.15) is 4.31 Å². The summed E-state index contributed by atoms with van der Waals surface area (Å²) in [5, 5.41) is 0. The number of amides is 1. The molecule has 1 aromatic carbocycles. The third-order valence-corrected chi connectivity index (χ3v) is 9.55. The van der Waals surface area contributed by atoms with Crippen molar-refractivity contribution in [1.29, 1.82) is 0 Å². The van der Waals surface area contributed by atoms with Gasteiger partial charge in [0, 0.05) is 66.0 Å². The van der Waals surface area contributed by atoms with Crippen molar-refractivity contribution in [3.05, 3.63) is 23.3 Å². The number of nitrogens with zero attached hydrogens (tertiary/aromatic N) is 5. The van der Waals surface area contributed by atoms with E-state index >= 15 is 0 Å². The van der Waals surface area contributed by atoms with Crippen molar-refractivity contribution in [3.8, 4) is 5.75 Å². The van der Waals surface area contributed by atoms with Crippen LogP contribution in [0.2, 0.25) is 0 Å². The Bertz CT molecular complexity index is 966. The molecule has 0 aromatic heterocycles. The lowest BCUT2D eigenvalue weighted by molar-refractivity contribution is -0.137. The maximum absolute atomic E-state index is 13.1. The fourth-order valence-corrected chi connectivity index (χ4v) is 6.52. The molecule has 0 N–H and O–H groups in total. The van der Waals surface area contributed by atoms with Crippen LogP contribution in [0.5, 0.6) is 5.75 Å². The molecule has 1 aromatic rings. The average Bonchev–Trinajstić information content (AvgIpc) is 2.87. The molecule has 2 aliphatic heterocycles. The van der Waals surface area contributed by atoms with Gasteiger partial charge in [0.05, 0.1) is 18.6 Å². The standard InChI is InChI=1S/C26H45N5O5S/c1-22-19-24(35-5)20-23(2)26(22)37(33,34)28(4)17-18-36-21-25(32)31-15-13-30(14-16-31)8-6-7-29-11-9-27(3)10-12-29/h19-20H,6-18,21H2,1-5H3. The number of methoxy groups -OCH3 is 1. The van der Waals surface area contributed by atoms with Gasteiger partial charge >= 0.3 is 0 Å². The van der Waals surface area contributed by atoms with Crippen LogP contribution in [-0.4, -0.2) is 145 Å². The van der Waals surface area contributed by atoms with Crippen LogP contribution in [0.25, 0.3) is 0 Å². The van der Waals surface area contributed by atoms with Gasteiger partial charge in [-0.25, -0.2) is 8.42 Å². The van der Waals surface area contributed by atoms with Gasteiger partial charge in [-0.05, 0) is 63.7 Å². The average molecular weight is 540 g/mol. The van der Waals surface area contributed by atoms with E-state index in [0.717, 1.165) is 58.8 Å². The Morgan fingerprint density at radius 2 is 1.49 bits per heavy atom. The van der Waals surface area contributed by atoms with Crippen LogP contribution < -0.4 is 4.74 Å². The van der Waals surface area contributed by atoms with E-state index in [1.165, 1.54) is 11.4 Å². The molecule has 0 bridgehead atoms. The van der Waals surface area contributed by atoms with Crippen LogP contribution in [0.15, 0.2) is 17.0 Å². The lowest BCUT2D eigenvalue weighted by atomic mass is 10.1. The smallest absolute Gasteiger partial charge is 0.248 e. The minimum Gasteiger partial charge on any atom is -0.497 e. The van der Waals surface area contributed by atoms with Crippen molar-refractivity contribution in [2.75, 3.05) is 106 Å². The summed E-state index contributed by atoms with van der Waals surface area (Å²) in [6, 6.07) is 3.44. The first kappa shape index (κ1) is 29.8. The summed E-state index contributed by atoms with van der Waals surface area (Å²) in [4.78, 5) is 22.1. The molecular formula is C26H45N5O5S. The van der Waals surface area contributed by atoms with Gasteiger partial charge in [0.2, 0.25) is 15.9 Å². The van der Waals surface area contributed by atoms with E-state index in [9.17, 15) is 13.2 Å². The number of rotatable bonds is 12. The Hall–Kier alpha value is -1.76. The van der Waals surface area contributed by atoms with E-state index in [1.807, 2.05) is 4.90 Å². The fourth-order valence-electron chi connectivity index (χ4n) is 4.97. The molecule has 11 heteroatoms. The third-order valence-electron chi connectivity index (χ3n) is 7.38. The van der Waals surface area contributed by atoms with E-state index < -0.39 is 10.0 Å². The number of benzene rings is 1. The first-order valence-electron chi connectivity index (χ1n) is 13.2. The number of carbonyl (C=O) groups is 1. The van der Waals surface area contributed by atoms with Crippen LogP contribution in [0.1, 0.15) is 17.5 Å². The van der Waals surface area contributed by atoms with E-state index in [2.05, 4.69) is 21.7 Å². The van der Waals surface area contributed by atoms with Crippen molar-refractivity contribution in [3.63, 3.8) is 0 Å². The number of piperazine rings is 2. The normalized spacial score (nSPS) is 18.5. The monoisotopic (exact) mass is 539 g/mol. The van der Waals surface area contributed by atoms with Gasteiger partial charge in [0.25, 0.3) is 0 Å². The minimum atomic E-state index is -3.68. The molecular weight excluding hydrogens is 494 g/mol. The zero-order chi connectivity index (χ0) is 27.0. The van der Waals surface area contributed by atoms with Crippen molar-refractivity contribution in [1.82, 2.24) is 23.9 Å². The minimum absolute atomic E-state index is 0.0299. The number of sulfonamides is 1. The molecule has 3 rings (SSSR count). The molecule has 210 valence electrons. The number of hydrogen-bond acceptors (Lipinski definition) is 8. The van der Waals surface area contributed by atoms with Gasteiger partial charge in [0.15, 0.2) is 0 Å². The molecule has 0 spiro atoms. The zero-order valence-corrected chi connectivity index (χ0v) is 24.1. The molecule has 1 amide bonds. The summed E-state index contributed by atoms with van der Waals surface area (Å²) in [5.41, 5.74) is 1.27. The van der Waals surface area contributed by atoms with Gasteiger partial charge in [-0.15, -0.1) is 0 Å². The first-order valence-corrected chi connectivity index (χ1v) is 14.7. The van der Waals surface area contributed by atoms with E-state index in [0.29, 0.717) is 30.0 Å². The van der Waals surface area contributed by atoms with Gasteiger partial charge in [0.1, 0.15) is 12.4 Å². The molecule has 2 aliphatic rings. The molecule has 10 nitrogen and oxygen atoms in total. The number of carbonyl (C=O) groups excluding carboxylic acids is 1. The fraction of sp³-hybridized carbons (Fsp3) is 0.731. The van der Waals surface area contributed by atoms with Crippen molar-refractivity contribution in [2.45, 2.75) is 25.2 Å². The summed E-state index contributed by atoms with van der Waals surface area (Å²) in [6.45, 7) is 13.8. The van der Waals surface area contributed by atoms with Crippen LogP contribution in [0, 0.1) is 13.8 Å². The topological polar surface area (TPSA) is 85.9 Å². The second kappa shape index (κ2) is 13.9. The van der Waals surface area contributed by atoms with Crippen LogP contribution in [0.3, 0.4) is 0 Å². The second-order valence-electron chi connectivity index (χ2n) is 10.2. The van der Waals surface area contributed by atoms with Crippen LogP contribution in [-0.2, 0) is 19.6 Å². The maximum atomic E-state index is 13.1. The van der Waals surface area contributed by atoms with Crippen LogP contribution in [0.4, 0.5) is 0 Å². The van der Waals surface area contributed by atoms with Crippen LogP contribution >= 0.6 is 0 Å². The Balaban J connectivity index is 1.33. The van der Waals surface area contributed by atoms with Crippen molar-refractivity contribution >= 4 is 15.9 Å². The van der Waals surface area contributed by atoms with Gasteiger partial charge in [-0.1, -0.05) is 0 Å². The Morgan fingerprint density at radius 3 is 2.03 bits per heavy atom. The van der Waals surface area contributed by atoms with E-state index in [4.69, 9.17) is 9.47 Å². The predicted octanol–water partition coefficient (Wildman–Crippen LogP) is 0.731. The zero-order valence-electron chi connectivity index (χ0n) is 23.2. The second-order valence-corrected chi connectivity index (χ2v) is 12.2.